The Morgan fingerprint density at radius 2 is 2.04 bits per heavy atom. The number of benzene rings is 1. The number of alkyl halides is 2. The molecule has 1 atom stereocenters. The van der Waals surface area contributed by atoms with E-state index in [1.54, 1.807) is 35.5 Å². The number of hydrogen-bond acceptors (Lipinski definition) is 9. The Morgan fingerprint density at radius 1 is 1.22 bits per heavy atom. The van der Waals surface area contributed by atoms with Crippen molar-refractivity contribution in [1.82, 2.24) is 34.2 Å². The van der Waals surface area contributed by atoms with Crippen molar-refractivity contribution < 1.29 is 23.1 Å². The van der Waals surface area contributed by atoms with Gasteiger partial charge in [0.1, 0.15) is 23.6 Å². The number of ether oxygens (including phenoxy) is 1. The van der Waals surface area contributed by atoms with Crippen LogP contribution in [-0.4, -0.2) is 91.1 Å². The lowest BCUT2D eigenvalue weighted by Crippen LogP contribution is -2.50. The highest BCUT2D eigenvalue weighted by atomic mass is 32.2. The maximum Gasteiger partial charge on any atom is 0.387 e. The summed E-state index contributed by atoms with van der Waals surface area (Å²) in [7, 11) is 0. The number of anilines is 1. The molecule has 15 heteroatoms. The first kappa shape index (κ1) is 31.4. The maximum absolute atomic E-state index is 13.4. The third-order valence-corrected chi connectivity index (χ3v) is 9.18. The molecule has 1 N–H and O–H groups in total. The number of rotatable bonds is 9. The molecule has 2 saturated heterocycles. The van der Waals surface area contributed by atoms with E-state index < -0.39 is 12.5 Å². The second-order valence-electron chi connectivity index (χ2n) is 11.3. The zero-order chi connectivity index (χ0) is 32.2. The lowest BCUT2D eigenvalue weighted by atomic mass is 9.95. The van der Waals surface area contributed by atoms with E-state index in [1.807, 2.05) is 6.26 Å². The van der Waals surface area contributed by atoms with E-state index in [0.717, 1.165) is 43.7 Å². The fraction of sp³-hybridized carbons (Fsp3) is 0.419. The first-order valence-corrected chi connectivity index (χ1v) is 16.3. The molecule has 12 nitrogen and oxygen atoms in total. The highest BCUT2D eigenvalue weighted by molar-refractivity contribution is 7.98. The number of aromatic nitrogens is 5. The molecule has 2 amide bonds. The number of hydrogen-bond donors (Lipinski definition) is 1. The third-order valence-electron chi connectivity index (χ3n) is 8.46. The third kappa shape index (κ3) is 6.82. The molecule has 1 aromatic carbocycles. The summed E-state index contributed by atoms with van der Waals surface area (Å²) in [6.45, 7) is -0.275. The van der Waals surface area contributed by atoms with Crippen molar-refractivity contribution in [2.24, 2.45) is 5.92 Å². The number of carbonyl (C=O) groups excluding carboxylic acids is 2. The van der Waals surface area contributed by atoms with Crippen LogP contribution in [0.1, 0.15) is 36.0 Å². The minimum Gasteiger partial charge on any atom is -0.434 e. The molecule has 0 spiro atoms. The number of fused-ring (bicyclic) bond motifs is 1. The first-order chi connectivity index (χ1) is 22.3. The highest BCUT2D eigenvalue weighted by Gasteiger charge is 2.31. The predicted octanol–water partition coefficient (Wildman–Crippen LogP) is 4.39. The van der Waals surface area contributed by atoms with Crippen molar-refractivity contribution in [3.05, 3.63) is 54.6 Å². The van der Waals surface area contributed by atoms with Gasteiger partial charge in [0.05, 0.1) is 23.9 Å². The van der Waals surface area contributed by atoms with Crippen LogP contribution in [-0.2, 0) is 11.3 Å². The molecule has 5 heterocycles. The van der Waals surface area contributed by atoms with Gasteiger partial charge in [0, 0.05) is 54.7 Å². The number of nitriles is 1. The van der Waals surface area contributed by atoms with Gasteiger partial charge in [-0.25, -0.2) is 9.50 Å². The van der Waals surface area contributed by atoms with Crippen LogP contribution in [0.15, 0.2) is 53.9 Å². The van der Waals surface area contributed by atoms with Gasteiger partial charge < -0.3 is 15.0 Å². The predicted molar refractivity (Wildman–Crippen MR) is 167 cm³/mol. The molecule has 0 unspecified atom stereocenters. The van der Waals surface area contributed by atoms with Gasteiger partial charge in [0.25, 0.3) is 5.91 Å². The molecule has 4 aromatic rings. The van der Waals surface area contributed by atoms with E-state index in [0.29, 0.717) is 24.8 Å². The normalized spacial score (nSPS) is 17.7. The molecule has 240 valence electrons. The second kappa shape index (κ2) is 13.8. The second-order valence-corrected chi connectivity index (χ2v) is 12.2. The minimum atomic E-state index is -3.08. The van der Waals surface area contributed by atoms with Crippen LogP contribution in [0.5, 0.6) is 5.75 Å². The largest absolute Gasteiger partial charge is 0.434 e. The van der Waals surface area contributed by atoms with E-state index in [9.17, 15) is 23.6 Å². The highest BCUT2D eigenvalue weighted by Crippen LogP contribution is 2.38. The summed E-state index contributed by atoms with van der Waals surface area (Å²) >= 11 is 1.41. The van der Waals surface area contributed by atoms with Crippen molar-refractivity contribution in [2.75, 3.05) is 37.8 Å². The lowest BCUT2D eigenvalue weighted by molar-refractivity contribution is -0.133. The SMILES string of the molecule is CSc1ccc(OC(F)F)c(-c2nn(CC(=O)N3CCC(N4CCC[C@@H](C#N)C4)CC3)cc2NC(=O)c2cnn3cccnc23)c1. The van der Waals surface area contributed by atoms with Crippen LogP contribution in [0.25, 0.3) is 16.9 Å². The summed E-state index contributed by atoms with van der Waals surface area (Å²) in [6, 6.07) is 9.17. The van der Waals surface area contributed by atoms with E-state index in [-0.39, 0.29) is 46.6 Å². The molecule has 2 aliphatic heterocycles. The van der Waals surface area contributed by atoms with Gasteiger partial charge in [-0.3, -0.25) is 19.2 Å². The van der Waals surface area contributed by atoms with E-state index >= 15 is 0 Å². The van der Waals surface area contributed by atoms with E-state index in [4.69, 9.17) is 4.74 Å². The standard InChI is InChI=1S/C31H33F2N9O3S/c1-46-22-5-6-26(45-31(32)33)23(14-22)28-25(37-30(44)24-16-36-42-11-3-9-35-29(24)42)18-41(38-28)19-27(43)39-12-7-21(8-13-39)40-10-2-4-20(15-34)17-40/h3,5-6,9,11,14,16,18,20-21,31H,2,4,7-8,10,12-13,17,19H2,1H3,(H,37,44)/t20-/m0/s1. The quantitative estimate of drug-likeness (QED) is 0.262. The van der Waals surface area contributed by atoms with Crippen molar-refractivity contribution in [3.8, 4) is 23.1 Å². The fourth-order valence-electron chi connectivity index (χ4n) is 6.15. The summed E-state index contributed by atoms with van der Waals surface area (Å²) < 4.78 is 34.5. The zero-order valence-electron chi connectivity index (χ0n) is 25.2. The number of piperidine rings is 2. The summed E-state index contributed by atoms with van der Waals surface area (Å²) in [5.74, 6) is -0.732. The Hall–Kier alpha value is -4.55. The smallest absolute Gasteiger partial charge is 0.387 e. The van der Waals surface area contributed by atoms with Crippen molar-refractivity contribution in [2.45, 2.75) is 49.8 Å². The number of amides is 2. The van der Waals surface area contributed by atoms with Gasteiger partial charge in [-0.1, -0.05) is 0 Å². The Kier molecular flexibility index (Phi) is 9.46. The van der Waals surface area contributed by atoms with Crippen LogP contribution in [0.2, 0.25) is 0 Å². The van der Waals surface area contributed by atoms with Gasteiger partial charge in [-0.15, -0.1) is 11.8 Å². The first-order valence-electron chi connectivity index (χ1n) is 15.0. The molecule has 0 bridgehead atoms. The lowest BCUT2D eigenvalue weighted by Gasteiger charge is -2.41. The fourth-order valence-corrected chi connectivity index (χ4v) is 6.59. The average Bonchev–Trinajstić information content (AvgIpc) is 3.68. The Morgan fingerprint density at radius 3 is 2.80 bits per heavy atom. The van der Waals surface area contributed by atoms with Crippen LogP contribution in [0.4, 0.5) is 14.5 Å². The minimum absolute atomic E-state index is 0.0597. The molecule has 2 fully saturated rings. The average molecular weight is 650 g/mol. The van der Waals surface area contributed by atoms with Crippen LogP contribution in [0.3, 0.4) is 0 Å². The Labute approximate surface area is 268 Å². The number of likely N-dealkylation sites (tertiary alicyclic amines) is 2. The molecule has 6 rings (SSSR count). The Bertz CT molecular complexity index is 1760. The van der Waals surface area contributed by atoms with Crippen molar-refractivity contribution in [3.63, 3.8) is 0 Å². The number of carbonyl (C=O) groups is 2. The molecule has 0 radical (unpaired) electrons. The summed E-state index contributed by atoms with van der Waals surface area (Å²) in [6.07, 6.45) is 11.5. The van der Waals surface area contributed by atoms with E-state index in [1.165, 1.54) is 39.4 Å². The van der Waals surface area contributed by atoms with Gasteiger partial charge in [0.15, 0.2) is 5.65 Å². The molecule has 0 aliphatic carbocycles. The molecular formula is C31H33F2N9O3S. The molecule has 46 heavy (non-hydrogen) atoms. The van der Waals surface area contributed by atoms with Crippen LogP contribution >= 0.6 is 11.8 Å². The van der Waals surface area contributed by atoms with Crippen molar-refractivity contribution >= 4 is 34.9 Å². The maximum atomic E-state index is 13.4. The zero-order valence-corrected chi connectivity index (χ0v) is 26.0. The number of halogens is 2. The topological polar surface area (TPSA) is 134 Å². The van der Waals surface area contributed by atoms with Crippen LogP contribution in [0, 0.1) is 17.2 Å². The van der Waals surface area contributed by atoms with Gasteiger partial charge in [-0.2, -0.15) is 24.2 Å². The number of thioether (sulfide) groups is 1. The van der Waals surface area contributed by atoms with Crippen LogP contribution < -0.4 is 10.1 Å². The van der Waals surface area contributed by atoms with Gasteiger partial charge in [0.2, 0.25) is 5.91 Å². The molecular weight excluding hydrogens is 616 g/mol. The Balaban J connectivity index is 1.24. The summed E-state index contributed by atoms with van der Waals surface area (Å²) in [5, 5.41) is 21.0. The van der Waals surface area contributed by atoms with E-state index in [2.05, 4.69) is 31.5 Å². The summed E-state index contributed by atoms with van der Waals surface area (Å²) in [5.41, 5.74) is 1.17. The molecule has 0 saturated carbocycles. The summed E-state index contributed by atoms with van der Waals surface area (Å²) in [4.78, 5) is 36.1. The molecule has 3 aromatic heterocycles. The number of nitrogens with one attached hydrogen (secondary N) is 1. The van der Waals surface area contributed by atoms with Gasteiger partial charge in [-0.05, 0) is 62.7 Å². The number of nitrogens with zero attached hydrogens (tertiary/aromatic N) is 8. The monoisotopic (exact) mass is 649 g/mol. The molecule has 2 aliphatic rings. The van der Waals surface area contributed by atoms with Gasteiger partial charge >= 0.3 is 6.61 Å². The van der Waals surface area contributed by atoms with Crippen molar-refractivity contribution in [1.29, 1.82) is 5.26 Å².